The van der Waals surface area contributed by atoms with Crippen molar-refractivity contribution in [3.8, 4) is 22.8 Å². The van der Waals surface area contributed by atoms with Crippen molar-refractivity contribution in [3.05, 3.63) is 30.0 Å². The number of methoxy groups -OCH3 is 2. The van der Waals surface area contributed by atoms with E-state index in [1.165, 1.54) is 0 Å². The van der Waals surface area contributed by atoms with Crippen molar-refractivity contribution in [1.82, 2.24) is 15.4 Å². The SMILES string of the molecule is COc1ccc(-c2cc(C(Cl)(Cl)Cl)nnn2)cc1OC. The van der Waals surface area contributed by atoms with Crippen LogP contribution < -0.4 is 9.47 Å². The van der Waals surface area contributed by atoms with Crippen LogP contribution in [0.1, 0.15) is 5.69 Å². The minimum Gasteiger partial charge on any atom is -0.493 e. The Morgan fingerprint density at radius 2 is 1.65 bits per heavy atom. The van der Waals surface area contributed by atoms with Crippen LogP contribution in [0.3, 0.4) is 0 Å². The van der Waals surface area contributed by atoms with Gasteiger partial charge in [0.1, 0.15) is 5.69 Å². The number of nitrogens with zero attached hydrogens (tertiary/aromatic N) is 3. The molecule has 0 saturated heterocycles. The summed E-state index contributed by atoms with van der Waals surface area (Å²) in [6.45, 7) is 0. The second-order valence-electron chi connectivity index (χ2n) is 3.77. The molecule has 0 saturated carbocycles. The van der Waals surface area contributed by atoms with Crippen LogP contribution >= 0.6 is 34.8 Å². The van der Waals surface area contributed by atoms with E-state index in [4.69, 9.17) is 44.3 Å². The number of rotatable bonds is 3. The number of hydrogen-bond acceptors (Lipinski definition) is 5. The van der Waals surface area contributed by atoms with E-state index < -0.39 is 3.79 Å². The molecular formula is C12H10Cl3N3O2. The lowest BCUT2D eigenvalue weighted by Crippen LogP contribution is -2.07. The average Bonchev–Trinajstić information content (AvgIpc) is 2.45. The van der Waals surface area contributed by atoms with Gasteiger partial charge in [0.05, 0.1) is 19.9 Å². The predicted molar refractivity (Wildman–Crippen MR) is 77.6 cm³/mol. The summed E-state index contributed by atoms with van der Waals surface area (Å²) in [5, 5.41) is 11.2. The lowest BCUT2D eigenvalue weighted by atomic mass is 10.1. The normalized spacial score (nSPS) is 11.2. The molecule has 0 fully saturated rings. The quantitative estimate of drug-likeness (QED) is 0.805. The number of alkyl halides is 3. The third-order valence-corrected chi connectivity index (χ3v) is 3.13. The van der Waals surface area contributed by atoms with Gasteiger partial charge in [0, 0.05) is 5.56 Å². The molecule has 2 aromatic rings. The fourth-order valence-corrected chi connectivity index (χ4v) is 1.86. The maximum absolute atomic E-state index is 5.78. The Bertz CT molecular complexity index is 617. The molecule has 0 N–H and O–H groups in total. The van der Waals surface area contributed by atoms with Crippen LogP contribution in [0, 0.1) is 0 Å². The molecule has 2 rings (SSSR count). The van der Waals surface area contributed by atoms with Gasteiger partial charge < -0.3 is 9.47 Å². The smallest absolute Gasteiger partial charge is 0.234 e. The van der Waals surface area contributed by atoms with E-state index in [2.05, 4.69) is 15.4 Å². The van der Waals surface area contributed by atoms with Crippen LogP contribution in [-0.4, -0.2) is 29.6 Å². The monoisotopic (exact) mass is 333 g/mol. The Labute approximate surface area is 130 Å². The fraction of sp³-hybridized carbons (Fsp3) is 0.250. The summed E-state index contributed by atoms with van der Waals surface area (Å²) in [4.78, 5) is 0. The Hall–Kier alpha value is -1.30. The molecule has 5 nitrogen and oxygen atoms in total. The first-order valence-electron chi connectivity index (χ1n) is 5.45. The Morgan fingerprint density at radius 3 is 2.25 bits per heavy atom. The molecule has 0 aliphatic carbocycles. The van der Waals surface area contributed by atoms with Gasteiger partial charge in [0.25, 0.3) is 0 Å². The van der Waals surface area contributed by atoms with Gasteiger partial charge in [-0.25, -0.2) is 0 Å². The van der Waals surface area contributed by atoms with Crippen LogP contribution in [0.4, 0.5) is 0 Å². The van der Waals surface area contributed by atoms with Crippen LogP contribution in [0.15, 0.2) is 24.3 Å². The highest BCUT2D eigenvalue weighted by atomic mass is 35.6. The molecular weight excluding hydrogens is 325 g/mol. The standard InChI is InChI=1S/C12H10Cl3N3O2/c1-19-9-4-3-7(5-10(9)20-2)8-6-11(12(13,14)15)17-18-16-8/h3-6H,1-2H3. The molecule has 0 atom stereocenters. The van der Waals surface area contributed by atoms with Crippen molar-refractivity contribution in [2.45, 2.75) is 3.79 Å². The van der Waals surface area contributed by atoms with Crippen LogP contribution in [-0.2, 0) is 3.79 Å². The summed E-state index contributed by atoms with van der Waals surface area (Å²) in [7, 11) is 3.11. The molecule has 1 aromatic carbocycles. The van der Waals surface area contributed by atoms with E-state index >= 15 is 0 Å². The van der Waals surface area contributed by atoms with Crippen LogP contribution in [0.5, 0.6) is 11.5 Å². The molecule has 1 heterocycles. The van der Waals surface area contributed by atoms with E-state index in [0.717, 1.165) is 5.56 Å². The van der Waals surface area contributed by atoms with Gasteiger partial charge in [-0.05, 0) is 29.5 Å². The van der Waals surface area contributed by atoms with Gasteiger partial charge in [-0.15, -0.1) is 10.2 Å². The largest absolute Gasteiger partial charge is 0.493 e. The van der Waals surface area contributed by atoms with Gasteiger partial charge >= 0.3 is 0 Å². The highest BCUT2D eigenvalue weighted by molar-refractivity contribution is 6.66. The van der Waals surface area contributed by atoms with E-state index in [-0.39, 0.29) is 5.69 Å². The van der Waals surface area contributed by atoms with Gasteiger partial charge in [-0.2, -0.15) is 0 Å². The second-order valence-corrected chi connectivity index (χ2v) is 6.05. The Kier molecular flexibility index (Phi) is 4.52. The molecule has 1 aromatic heterocycles. The van der Waals surface area contributed by atoms with Crippen molar-refractivity contribution >= 4 is 34.8 Å². The number of halogens is 3. The number of aromatic nitrogens is 3. The summed E-state index contributed by atoms with van der Waals surface area (Å²) < 4.78 is 8.75. The van der Waals surface area contributed by atoms with Gasteiger partial charge in [0.2, 0.25) is 3.79 Å². The van der Waals surface area contributed by atoms with Crippen molar-refractivity contribution in [3.63, 3.8) is 0 Å². The summed E-state index contributed by atoms with van der Waals surface area (Å²) in [5.41, 5.74) is 1.46. The van der Waals surface area contributed by atoms with E-state index in [1.807, 2.05) is 0 Å². The van der Waals surface area contributed by atoms with Crippen molar-refractivity contribution in [2.24, 2.45) is 0 Å². The first-order valence-corrected chi connectivity index (χ1v) is 6.59. The molecule has 0 spiro atoms. The maximum Gasteiger partial charge on any atom is 0.234 e. The molecule has 0 aliphatic rings. The van der Waals surface area contributed by atoms with Gasteiger partial charge in [0.15, 0.2) is 11.5 Å². The summed E-state index contributed by atoms with van der Waals surface area (Å²) >= 11 is 17.3. The van der Waals surface area contributed by atoms with Crippen molar-refractivity contribution in [1.29, 1.82) is 0 Å². The zero-order valence-corrected chi connectivity index (χ0v) is 12.9. The zero-order valence-electron chi connectivity index (χ0n) is 10.6. The first kappa shape index (κ1) is 15.1. The number of hydrogen-bond donors (Lipinski definition) is 0. The van der Waals surface area contributed by atoms with Crippen LogP contribution in [0.2, 0.25) is 0 Å². The zero-order chi connectivity index (χ0) is 14.8. The fourth-order valence-electron chi connectivity index (χ4n) is 1.58. The Balaban J connectivity index is 2.46. The predicted octanol–water partition coefficient (Wildman–Crippen LogP) is 3.38. The topological polar surface area (TPSA) is 57.1 Å². The van der Waals surface area contributed by atoms with E-state index in [1.54, 1.807) is 38.5 Å². The highest BCUT2D eigenvalue weighted by Gasteiger charge is 2.26. The third-order valence-electron chi connectivity index (χ3n) is 2.55. The second kappa shape index (κ2) is 5.99. The first-order chi connectivity index (χ1) is 9.45. The highest BCUT2D eigenvalue weighted by Crippen LogP contribution is 2.38. The summed E-state index contributed by atoms with van der Waals surface area (Å²) in [6, 6.07) is 6.87. The van der Waals surface area contributed by atoms with Crippen LogP contribution in [0.25, 0.3) is 11.3 Å². The molecule has 0 bridgehead atoms. The molecule has 0 aliphatic heterocycles. The molecule has 106 valence electrons. The molecule has 8 heteroatoms. The lowest BCUT2D eigenvalue weighted by molar-refractivity contribution is 0.355. The maximum atomic E-state index is 5.78. The molecule has 20 heavy (non-hydrogen) atoms. The lowest BCUT2D eigenvalue weighted by Gasteiger charge is -2.11. The van der Waals surface area contributed by atoms with Crippen molar-refractivity contribution < 1.29 is 9.47 Å². The molecule has 0 amide bonds. The summed E-state index contributed by atoms with van der Waals surface area (Å²) in [6.07, 6.45) is 0. The molecule has 0 radical (unpaired) electrons. The van der Waals surface area contributed by atoms with E-state index in [0.29, 0.717) is 17.2 Å². The van der Waals surface area contributed by atoms with Crippen molar-refractivity contribution in [2.75, 3.05) is 14.2 Å². The average molecular weight is 335 g/mol. The summed E-state index contributed by atoms with van der Waals surface area (Å²) in [5.74, 6) is 1.18. The number of ether oxygens (including phenoxy) is 2. The van der Waals surface area contributed by atoms with E-state index in [9.17, 15) is 0 Å². The third kappa shape index (κ3) is 3.23. The molecule has 0 unspecified atom stereocenters. The van der Waals surface area contributed by atoms with Gasteiger partial charge in [-0.3, -0.25) is 0 Å². The Morgan fingerprint density at radius 1 is 0.950 bits per heavy atom. The minimum atomic E-state index is -1.65. The number of benzene rings is 1. The minimum absolute atomic E-state index is 0.197. The van der Waals surface area contributed by atoms with Gasteiger partial charge in [-0.1, -0.05) is 34.8 Å².